The lowest BCUT2D eigenvalue weighted by molar-refractivity contribution is 0.170. The summed E-state index contributed by atoms with van der Waals surface area (Å²) in [5.74, 6) is 1.40. The van der Waals surface area contributed by atoms with Gasteiger partial charge in [-0.05, 0) is 54.1 Å². The van der Waals surface area contributed by atoms with Gasteiger partial charge in [-0.1, -0.05) is 0 Å². The standard InChI is InChI=1S/C14H12O2S/c1-9(15)12-3-4-13(16-12)10-2-5-14-11(8-10)6-7-17-14/h2-9,15H,1H3. The van der Waals surface area contributed by atoms with Gasteiger partial charge in [0.1, 0.15) is 17.6 Å². The van der Waals surface area contributed by atoms with Gasteiger partial charge in [0.25, 0.3) is 0 Å². The van der Waals surface area contributed by atoms with Gasteiger partial charge in [-0.2, -0.15) is 0 Å². The summed E-state index contributed by atoms with van der Waals surface area (Å²) in [6, 6.07) is 12.1. The number of hydrogen-bond acceptors (Lipinski definition) is 3. The van der Waals surface area contributed by atoms with E-state index < -0.39 is 6.10 Å². The summed E-state index contributed by atoms with van der Waals surface area (Å²) in [6.07, 6.45) is -0.561. The first-order valence-electron chi connectivity index (χ1n) is 5.49. The highest BCUT2D eigenvalue weighted by molar-refractivity contribution is 7.17. The summed E-state index contributed by atoms with van der Waals surface area (Å²) in [4.78, 5) is 0. The minimum Gasteiger partial charge on any atom is -0.458 e. The van der Waals surface area contributed by atoms with Crippen LogP contribution in [0, 0.1) is 0 Å². The van der Waals surface area contributed by atoms with E-state index in [1.165, 1.54) is 10.1 Å². The lowest BCUT2D eigenvalue weighted by atomic mass is 10.1. The van der Waals surface area contributed by atoms with Gasteiger partial charge >= 0.3 is 0 Å². The first-order chi connectivity index (χ1) is 8.24. The van der Waals surface area contributed by atoms with E-state index in [0.29, 0.717) is 5.76 Å². The topological polar surface area (TPSA) is 33.4 Å². The first kappa shape index (κ1) is 10.6. The third-order valence-corrected chi connectivity index (χ3v) is 3.67. The molecule has 2 nitrogen and oxygen atoms in total. The molecule has 1 aromatic carbocycles. The molecule has 1 unspecified atom stereocenters. The average molecular weight is 244 g/mol. The molecule has 3 rings (SSSR count). The maximum Gasteiger partial charge on any atom is 0.134 e. The summed E-state index contributed by atoms with van der Waals surface area (Å²) in [5.41, 5.74) is 1.04. The highest BCUT2D eigenvalue weighted by Gasteiger charge is 2.09. The van der Waals surface area contributed by atoms with E-state index in [1.807, 2.05) is 18.2 Å². The van der Waals surface area contributed by atoms with E-state index in [4.69, 9.17) is 4.42 Å². The molecule has 0 fully saturated rings. The Bertz CT molecular complexity index is 649. The Balaban J connectivity index is 2.06. The molecule has 0 bridgehead atoms. The van der Waals surface area contributed by atoms with Crippen LogP contribution in [0.4, 0.5) is 0 Å². The summed E-state index contributed by atoms with van der Waals surface area (Å²) in [5, 5.41) is 12.7. The van der Waals surface area contributed by atoms with E-state index in [0.717, 1.165) is 11.3 Å². The lowest BCUT2D eigenvalue weighted by Crippen LogP contribution is -1.85. The third-order valence-electron chi connectivity index (χ3n) is 2.78. The van der Waals surface area contributed by atoms with Gasteiger partial charge in [0, 0.05) is 10.3 Å². The number of aliphatic hydroxyl groups is 1. The predicted molar refractivity (Wildman–Crippen MR) is 70.2 cm³/mol. The van der Waals surface area contributed by atoms with Crippen molar-refractivity contribution >= 4 is 21.4 Å². The van der Waals surface area contributed by atoms with Crippen LogP contribution in [0.15, 0.2) is 46.2 Å². The van der Waals surface area contributed by atoms with Crippen molar-refractivity contribution in [2.24, 2.45) is 0 Å². The minimum atomic E-state index is -0.561. The Morgan fingerprint density at radius 1 is 1.18 bits per heavy atom. The molecule has 1 atom stereocenters. The molecule has 0 aliphatic rings. The number of thiophene rings is 1. The third kappa shape index (κ3) is 1.88. The molecular weight excluding hydrogens is 232 g/mol. The summed E-state index contributed by atoms with van der Waals surface area (Å²) in [6.45, 7) is 1.70. The van der Waals surface area contributed by atoms with Crippen molar-refractivity contribution in [2.45, 2.75) is 13.0 Å². The molecule has 86 valence electrons. The number of rotatable bonds is 2. The molecule has 0 aliphatic heterocycles. The van der Waals surface area contributed by atoms with Crippen molar-refractivity contribution in [1.82, 2.24) is 0 Å². The van der Waals surface area contributed by atoms with Crippen molar-refractivity contribution in [3.63, 3.8) is 0 Å². The second kappa shape index (κ2) is 4.02. The smallest absolute Gasteiger partial charge is 0.134 e. The maximum atomic E-state index is 9.43. The second-order valence-corrected chi connectivity index (χ2v) is 5.00. The molecule has 0 radical (unpaired) electrons. The van der Waals surface area contributed by atoms with Gasteiger partial charge in [0.2, 0.25) is 0 Å². The zero-order valence-electron chi connectivity index (χ0n) is 9.38. The van der Waals surface area contributed by atoms with Crippen molar-refractivity contribution in [3.05, 3.63) is 47.5 Å². The molecule has 2 aromatic heterocycles. The highest BCUT2D eigenvalue weighted by atomic mass is 32.1. The molecule has 0 saturated carbocycles. The molecule has 0 amide bonds. The fourth-order valence-electron chi connectivity index (χ4n) is 1.85. The normalized spacial score (nSPS) is 13.1. The monoisotopic (exact) mass is 244 g/mol. The van der Waals surface area contributed by atoms with Gasteiger partial charge in [-0.15, -0.1) is 11.3 Å². The number of furan rings is 1. The zero-order valence-corrected chi connectivity index (χ0v) is 10.2. The van der Waals surface area contributed by atoms with E-state index in [2.05, 4.69) is 23.6 Å². The Morgan fingerprint density at radius 3 is 2.82 bits per heavy atom. The summed E-state index contributed by atoms with van der Waals surface area (Å²) >= 11 is 1.73. The van der Waals surface area contributed by atoms with E-state index >= 15 is 0 Å². The van der Waals surface area contributed by atoms with Crippen LogP contribution in [0.2, 0.25) is 0 Å². The van der Waals surface area contributed by atoms with Crippen LogP contribution in [-0.2, 0) is 0 Å². The largest absolute Gasteiger partial charge is 0.458 e. The van der Waals surface area contributed by atoms with Crippen LogP contribution in [-0.4, -0.2) is 5.11 Å². The second-order valence-electron chi connectivity index (χ2n) is 4.05. The van der Waals surface area contributed by atoms with Crippen molar-refractivity contribution < 1.29 is 9.52 Å². The van der Waals surface area contributed by atoms with E-state index in [-0.39, 0.29) is 0 Å². The molecule has 3 heteroatoms. The van der Waals surface area contributed by atoms with Crippen LogP contribution in [0.5, 0.6) is 0 Å². The quantitative estimate of drug-likeness (QED) is 0.732. The molecule has 0 aliphatic carbocycles. The summed E-state index contributed by atoms with van der Waals surface area (Å²) in [7, 11) is 0. The van der Waals surface area contributed by atoms with Crippen LogP contribution >= 0.6 is 11.3 Å². The Hall–Kier alpha value is -1.58. The fourth-order valence-corrected chi connectivity index (χ4v) is 2.62. The van der Waals surface area contributed by atoms with Gasteiger partial charge < -0.3 is 9.52 Å². The number of benzene rings is 1. The minimum absolute atomic E-state index is 0.561. The first-order valence-corrected chi connectivity index (χ1v) is 6.37. The average Bonchev–Trinajstić information content (AvgIpc) is 2.97. The Kier molecular flexibility index (Phi) is 2.50. The highest BCUT2D eigenvalue weighted by Crippen LogP contribution is 2.29. The molecule has 0 saturated heterocycles. The van der Waals surface area contributed by atoms with Crippen molar-refractivity contribution in [1.29, 1.82) is 0 Å². The fraction of sp³-hybridized carbons (Fsp3) is 0.143. The maximum absolute atomic E-state index is 9.43. The van der Waals surface area contributed by atoms with Crippen LogP contribution in [0.1, 0.15) is 18.8 Å². The van der Waals surface area contributed by atoms with Crippen LogP contribution in [0.3, 0.4) is 0 Å². The van der Waals surface area contributed by atoms with E-state index in [9.17, 15) is 5.11 Å². The van der Waals surface area contributed by atoms with Crippen LogP contribution < -0.4 is 0 Å². The predicted octanol–water partition coefficient (Wildman–Crippen LogP) is 4.21. The molecule has 3 aromatic rings. The van der Waals surface area contributed by atoms with Crippen LogP contribution in [0.25, 0.3) is 21.4 Å². The molecule has 0 spiro atoms. The Labute approximate surface area is 103 Å². The number of fused-ring (bicyclic) bond motifs is 1. The Morgan fingerprint density at radius 2 is 2.06 bits per heavy atom. The number of hydrogen-bond donors (Lipinski definition) is 1. The van der Waals surface area contributed by atoms with Gasteiger partial charge in [0.05, 0.1) is 0 Å². The van der Waals surface area contributed by atoms with E-state index in [1.54, 1.807) is 18.3 Å². The molecule has 17 heavy (non-hydrogen) atoms. The van der Waals surface area contributed by atoms with Gasteiger partial charge in [-0.3, -0.25) is 0 Å². The molecule has 2 heterocycles. The summed E-state index contributed by atoms with van der Waals surface area (Å²) < 4.78 is 6.88. The molecular formula is C14H12O2S. The SMILES string of the molecule is CC(O)c1ccc(-c2ccc3sccc3c2)o1. The van der Waals surface area contributed by atoms with Crippen molar-refractivity contribution in [3.8, 4) is 11.3 Å². The molecule has 1 N–H and O–H groups in total. The van der Waals surface area contributed by atoms with Gasteiger partial charge in [-0.25, -0.2) is 0 Å². The number of aliphatic hydroxyl groups excluding tert-OH is 1. The zero-order chi connectivity index (χ0) is 11.8. The lowest BCUT2D eigenvalue weighted by Gasteiger charge is -2.00. The van der Waals surface area contributed by atoms with Crippen molar-refractivity contribution in [2.75, 3.05) is 0 Å². The van der Waals surface area contributed by atoms with Gasteiger partial charge in [0.15, 0.2) is 0 Å².